The molecule has 0 aromatic carbocycles. The SMILES string of the molecule is CCCCCC(C)(C)C(=O)N1CCOC1. The second-order valence-electron chi connectivity index (χ2n) is 4.95. The van der Waals surface area contributed by atoms with Crippen molar-refractivity contribution in [3.8, 4) is 0 Å². The van der Waals surface area contributed by atoms with Crippen molar-refractivity contribution in [3.63, 3.8) is 0 Å². The molecular weight excluding hydrogens is 190 g/mol. The van der Waals surface area contributed by atoms with Gasteiger partial charge in [-0.15, -0.1) is 0 Å². The van der Waals surface area contributed by atoms with Crippen molar-refractivity contribution in [1.82, 2.24) is 4.90 Å². The molecule has 0 aromatic heterocycles. The predicted molar refractivity (Wildman–Crippen MR) is 60.5 cm³/mol. The third kappa shape index (κ3) is 3.49. The van der Waals surface area contributed by atoms with Gasteiger partial charge < -0.3 is 9.64 Å². The summed E-state index contributed by atoms with van der Waals surface area (Å²) in [6, 6.07) is 0. The van der Waals surface area contributed by atoms with Crippen LogP contribution in [0.4, 0.5) is 0 Å². The minimum absolute atomic E-state index is 0.219. The molecule has 88 valence electrons. The summed E-state index contributed by atoms with van der Waals surface area (Å²) in [5.74, 6) is 0.246. The highest BCUT2D eigenvalue weighted by Gasteiger charge is 2.32. The molecule has 0 unspecified atom stereocenters. The maximum absolute atomic E-state index is 12.1. The summed E-state index contributed by atoms with van der Waals surface area (Å²) in [5, 5.41) is 0. The number of hydrogen-bond acceptors (Lipinski definition) is 2. The molecule has 15 heavy (non-hydrogen) atoms. The van der Waals surface area contributed by atoms with Crippen molar-refractivity contribution < 1.29 is 9.53 Å². The van der Waals surface area contributed by atoms with Crippen LogP contribution in [0.3, 0.4) is 0 Å². The molecule has 0 atom stereocenters. The Hall–Kier alpha value is -0.570. The van der Waals surface area contributed by atoms with Gasteiger partial charge in [-0.2, -0.15) is 0 Å². The van der Waals surface area contributed by atoms with E-state index >= 15 is 0 Å². The van der Waals surface area contributed by atoms with E-state index in [0.717, 1.165) is 19.4 Å². The van der Waals surface area contributed by atoms with Crippen molar-refractivity contribution in [2.75, 3.05) is 19.9 Å². The normalized spacial score (nSPS) is 17.1. The number of rotatable bonds is 5. The zero-order valence-electron chi connectivity index (χ0n) is 10.2. The molecule has 0 saturated carbocycles. The van der Waals surface area contributed by atoms with E-state index in [1.807, 2.05) is 18.7 Å². The van der Waals surface area contributed by atoms with Gasteiger partial charge in [0.25, 0.3) is 0 Å². The third-order valence-corrected chi connectivity index (χ3v) is 3.02. The molecule has 0 bridgehead atoms. The monoisotopic (exact) mass is 213 g/mol. The first-order valence-electron chi connectivity index (χ1n) is 5.95. The lowest BCUT2D eigenvalue weighted by molar-refractivity contribution is -0.141. The standard InChI is InChI=1S/C12H23NO2/c1-4-5-6-7-12(2,3)11(14)13-8-9-15-10-13/h4-10H2,1-3H3. The van der Waals surface area contributed by atoms with Gasteiger partial charge >= 0.3 is 0 Å². The van der Waals surface area contributed by atoms with Crippen LogP contribution in [0.25, 0.3) is 0 Å². The molecule has 0 radical (unpaired) electrons. The molecule has 1 aliphatic rings. The van der Waals surface area contributed by atoms with Crippen molar-refractivity contribution in [2.45, 2.75) is 46.5 Å². The van der Waals surface area contributed by atoms with Crippen LogP contribution in [0, 0.1) is 5.41 Å². The molecule has 1 amide bonds. The number of carbonyl (C=O) groups is 1. The van der Waals surface area contributed by atoms with E-state index in [1.54, 1.807) is 0 Å². The first-order valence-corrected chi connectivity index (χ1v) is 5.95. The zero-order valence-corrected chi connectivity index (χ0v) is 10.2. The Bertz CT molecular complexity index is 208. The molecule has 0 N–H and O–H groups in total. The van der Waals surface area contributed by atoms with Gasteiger partial charge in [-0.1, -0.05) is 40.0 Å². The minimum Gasteiger partial charge on any atom is -0.359 e. The van der Waals surface area contributed by atoms with Gasteiger partial charge in [0.05, 0.1) is 6.61 Å². The van der Waals surface area contributed by atoms with Crippen LogP contribution >= 0.6 is 0 Å². The smallest absolute Gasteiger partial charge is 0.230 e. The van der Waals surface area contributed by atoms with Gasteiger partial charge in [-0.05, 0) is 6.42 Å². The Morgan fingerprint density at radius 2 is 2.13 bits per heavy atom. The molecule has 1 fully saturated rings. The highest BCUT2D eigenvalue weighted by atomic mass is 16.5. The zero-order chi connectivity index (χ0) is 11.3. The van der Waals surface area contributed by atoms with E-state index in [2.05, 4.69) is 6.92 Å². The molecule has 1 aliphatic heterocycles. The summed E-state index contributed by atoms with van der Waals surface area (Å²) in [4.78, 5) is 13.9. The van der Waals surface area contributed by atoms with E-state index in [0.29, 0.717) is 13.3 Å². The summed E-state index contributed by atoms with van der Waals surface area (Å²) in [7, 11) is 0. The average Bonchev–Trinajstić information content (AvgIpc) is 2.69. The topological polar surface area (TPSA) is 29.5 Å². The van der Waals surface area contributed by atoms with Gasteiger partial charge in [0.2, 0.25) is 5.91 Å². The van der Waals surface area contributed by atoms with E-state index in [-0.39, 0.29) is 11.3 Å². The highest BCUT2D eigenvalue weighted by Crippen LogP contribution is 2.27. The van der Waals surface area contributed by atoms with Gasteiger partial charge in [0.15, 0.2) is 0 Å². The van der Waals surface area contributed by atoms with Crippen LogP contribution < -0.4 is 0 Å². The lowest BCUT2D eigenvalue weighted by atomic mass is 9.85. The Morgan fingerprint density at radius 1 is 1.40 bits per heavy atom. The van der Waals surface area contributed by atoms with Gasteiger partial charge in [-0.25, -0.2) is 0 Å². The third-order valence-electron chi connectivity index (χ3n) is 3.02. The van der Waals surface area contributed by atoms with E-state index in [9.17, 15) is 4.79 Å². The first kappa shape index (κ1) is 12.5. The predicted octanol–water partition coefficient (Wildman–Crippen LogP) is 2.41. The van der Waals surface area contributed by atoms with Crippen LogP contribution in [0.1, 0.15) is 46.5 Å². The van der Waals surface area contributed by atoms with Crippen LogP contribution in [0.5, 0.6) is 0 Å². The average molecular weight is 213 g/mol. The number of ether oxygens (including phenoxy) is 1. The van der Waals surface area contributed by atoms with Crippen LogP contribution in [0.2, 0.25) is 0 Å². The largest absolute Gasteiger partial charge is 0.359 e. The summed E-state index contributed by atoms with van der Waals surface area (Å²) in [5.41, 5.74) is -0.219. The van der Waals surface area contributed by atoms with Crippen molar-refractivity contribution in [1.29, 1.82) is 0 Å². The molecule has 1 rings (SSSR count). The second kappa shape index (κ2) is 5.50. The summed E-state index contributed by atoms with van der Waals surface area (Å²) in [6.07, 6.45) is 4.55. The minimum atomic E-state index is -0.219. The number of unbranched alkanes of at least 4 members (excludes halogenated alkanes) is 2. The molecular formula is C12H23NO2. The lowest BCUT2D eigenvalue weighted by Gasteiger charge is -2.28. The fourth-order valence-electron chi connectivity index (χ4n) is 1.93. The van der Waals surface area contributed by atoms with Crippen molar-refractivity contribution in [3.05, 3.63) is 0 Å². The molecule has 3 nitrogen and oxygen atoms in total. The molecule has 0 aromatic rings. The van der Waals surface area contributed by atoms with Gasteiger partial charge in [0.1, 0.15) is 6.73 Å². The van der Waals surface area contributed by atoms with E-state index < -0.39 is 0 Å². The quantitative estimate of drug-likeness (QED) is 0.656. The van der Waals surface area contributed by atoms with Gasteiger partial charge in [0, 0.05) is 12.0 Å². The first-order chi connectivity index (χ1) is 7.08. The van der Waals surface area contributed by atoms with E-state index in [1.165, 1.54) is 12.8 Å². The lowest BCUT2D eigenvalue weighted by Crippen LogP contribution is -2.39. The number of amides is 1. The molecule has 3 heteroatoms. The van der Waals surface area contributed by atoms with Crippen molar-refractivity contribution in [2.24, 2.45) is 5.41 Å². The summed E-state index contributed by atoms with van der Waals surface area (Å²) < 4.78 is 5.20. The van der Waals surface area contributed by atoms with E-state index in [4.69, 9.17) is 4.74 Å². The number of carbonyl (C=O) groups excluding carboxylic acids is 1. The van der Waals surface area contributed by atoms with Gasteiger partial charge in [-0.3, -0.25) is 4.79 Å². The van der Waals surface area contributed by atoms with Crippen molar-refractivity contribution >= 4 is 5.91 Å². The van der Waals surface area contributed by atoms with Crippen LogP contribution in [0.15, 0.2) is 0 Å². The Balaban J connectivity index is 2.40. The molecule has 1 saturated heterocycles. The fraction of sp³-hybridized carbons (Fsp3) is 0.917. The second-order valence-corrected chi connectivity index (χ2v) is 4.95. The molecule has 0 spiro atoms. The maximum Gasteiger partial charge on any atom is 0.230 e. The Kier molecular flexibility index (Phi) is 4.58. The number of nitrogens with zero attached hydrogens (tertiary/aromatic N) is 1. The highest BCUT2D eigenvalue weighted by molar-refractivity contribution is 5.81. The Labute approximate surface area is 92.8 Å². The fourth-order valence-corrected chi connectivity index (χ4v) is 1.93. The van der Waals surface area contributed by atoms with Crippen LogP contribution in [-0.2, 0) is 9.53 Å². The number of hydrogen-bond donors (Lipinski definition) is 0. The van der Waals surface area contributed by atoms with Crippen LogP contribution in [-0.4, -0.2) is 30.7 Å². The molecule has 1 heterocycles. The Morgan fingerprint density at radius 3 is 2.67 bits per heavy atom. The molecule has 0 aliphatic carbocycles. The summed E-state index contributed by atoms with van der Waals surface area (Å²) >= 11 is 0. The maximum atomic E-state index is 12.1. The summed E-state index contributed by atoms with van der Waals surface area (Å²) in [6.45, 7) is 8.21.